The minimum atomic E-state index is -0.473. The van der Waals surface area contributed by atoms with Gasteiger partial charge >= 0.3 is 0 Å². The summed E-state index contributed by atoms with van der Waals surface area (Å²) < 4.78 is 5.10. The van der Waals surface area contributed by atoms with Crippen molar-refractivity contribution in [1.82, 2.24) is 5.32 Å². The molecule has 0 atom stereocenters. The molecule has 0 radical (unpaired) electrons. The molecule has 1 aliphatic rings. The number of nitrogens with two attached hydrogens (primary N) is 1. The fourth-order valence-electron chi connectivity index (χ4n) is 2.65. The van der Waals surface area contributed by atoms with Crippen molar-refractivity contribution in [3.63, 3.8) is 0 Å². The van der Waals surface area contributed by atoms with Crippen LogP contribution in [0.15, 0.2) is 24.3 Å². The number of carbonyl (C=O) groups is 1. The monoisotopic (exact) mass is 292 g/mol. The average molecular weight is 292 g/mol. The van der Waals surface area contributed by atoms with Gasteiger partial charge in [0.2, 0.25) is 5.91 Å². The second-order valence-electron chi connectivity index (χ2n) is 5.23. The number of rotatable bonds is 5. The van der Waals surface area contributed by atoms with Crippen molar-refractivity contribution in [3.05, 3.63) is 29.8 Å². The van der Waals surface area contributed by atoms with Crippen LogP contribution in [0, 0.1) is 0 Å². The van der Waals surface area contributed by atoms with Crippen molar-refractivity contribution in [2.75, 3.05) is 7.11 Å². The molecule has 108 valence electrons. The summed E-state index contributed by atoms with van der Waals surface area (Å²) in [5.74, 6) is 0.745. The van der Waals surface area contributed by atoms with E-state index in [1.165, 1.54) is 0 Å². The van der Waals surface area contributed by atoms with Gasteiger partial charge < -0.3 is 15.8 Å². The van der Waals surface area contributed by atoms with E-state index in [4.69, 9.17) is 22.7 Å². The molecule has 1 amide bonds. The number of amides is 1. The number of thiocarbonyl (C=S) groups is 1. The van der Waals surface area contributed by atoms with Gasteiger partial charge in [-0.3, -0.25) is 4.79 Å². The fraction of sp³-hybridized carbons (Fsp3) is 0.467. The van der Waals surface area contributed by atoms with E-state index >= 15 is 0 Å². The number of methoxy groups -OCH3 is 1. The molecular weight excluding hydrogens is 272 g/mol. The summed E-state index contributed by atoms with van der Waals surface area (Å²) >= 11 is 5.13. The highest BCUT2D eigenvalue weighted by Gasteiger charge is 2.37. The van der Waals surface area contributed by atoms with E-state index in [-0.39, 0.29) is 5.91 Å². The first kappa shape index (κ1) is 14.8. The molecule has 0 aromatic heterocycles. The third-order valence-corrected chi connectivity index (χ3v) is 4.22. The number of ether oxygens (including phenoxy) is 1. The van der Waals surface area contributed by atoms with Crippen LogP contribution in [-0.2, 0) is 11.2 Å². The van der Waals surface area contributed by atoms with Crippen LogP contribution in [0.1, 0.15) is 31.2 Å². The molecular formula is C15H20N2O2S. The highest BCUT2D eigenvalue weighted by Crippen LogP contribution is 2.30. The van der Waals surface area contributed by atoms with E-state index in [2.05, 4.69) is 5.32 Å². The Hall–Kier alpha value is -1.62. The summed E-state index contributed by atoms with van der Waals surface area (Å²) in [5.41, 5.74) is 6.28. The predicted molar refractivity (Wildman–Crippen MR) is 82.8 cm³/mol. The zero-order valence-electron chi connectivity index (χ0n) is 11.6. The average Bonchev–Trinajstić information content (AvgIpc) is 2.89. The largest absolute Gasteiger partial charge is 0.497 e. The molecule has 1 aromatic carbocycles. The Morgan fingerprint density at radius 3 is 2.45 bits per heavy atom. The third kappa shape index (κ3) is 3.28. The molecule has 0 spiro atoms. The van der Waals surface area contributed by atoms with Crippen LogP contribution in [0.5, 0.6) is 5.75 Å². The first-order chi connectivity index (χ1) is 9.55. The molecule has 0 aliphatic heterocycles. The smallest absolute Gasteiger partial charge is 0.225 e. The van der Waals surface area contributed by atoms with Crippen LogP contribution in [-0.4, -0.2) is 23.5 Å². The first-order valence-corrected chi connectivity index (χ1v) is 7.20. The number of nitrogens with one attached hydrogen (secondary N) is 1. The number of hydrogen-bond donors (Lipinski definition) is 2. The summed E-state index contributed by atoms with van der Waals surface area (Å²) in [5, 5.41) is 3.03. The molecule has 0 unspecified atom stereocenters. The van der Waals surface area contributed by atoms with Gasteiger partial charge in [0.1, 0.15) is 5.75 Å². The molecule has 1 aliphatic carbocycles. The van der Waals surface area contributed by atoms with Crippen molar-refractivity contribution < 1.29 is 9.53 Å². The molecule has 0 heterocycles. The van der Waals surface area contributed by atoms with Crippen LogP contribution in [0.3, 0.4) is 0 Å². The van der Waals surface area contributed by atoms with Gasteiger partial charge in [-0.25, -0.2) is 0 Å². The van der Waals surface area contributed by atoms with Crippen molar-refractivity contribution in [1.29, 1.82) is 0 Å². The van der Waals surface area contributed by atoms with Gasteiger partial charge in [-0.2, -0.15) is 0 Å². The van der Waals surface area contributed by atoms with Crippen molar-refractivity contribution >= 4 is 23.1 Å². The number of benzene rings is 1. The van der Waals surface area contributed by atoms with Crippen LogP contribution in [0.4, 0.5) is 0 Å². The molecule has 1 aromatic rings. The van der Waals surface area contributed by atoms with Gasteiger partial charge in [-0.15, -0.1) is 0 Å². The Bertz CT molecular complexity index is 493. The molecule has 1 fully saturated rings. The zero-order chi connectivity index (χ0) is 14.6. The van der Waals surface area contributed by atoms with E-state index in [9.17, 15) is 4.79 Å². The van der Waals surface area contributed by atoms with Crippen LogP contribution >= 0.6 is 12.2 Å². The maximum atomic E-state index is 12.2. The molecule has 0 saturated heterocycles. The van der Waals surface area contributed by atoms with Gasteiger partial charge in [0, 0.05) is 0 Å². The Morgan fingerprint density at radius 2 is 1.95 bits per heavy atom. The normalized spacial score (nSPS) is 16.6. The Balaban J connectivity index is 1.99. The van der Waals surface area contributed by atoms with E-state index in [0.717, 1.165) is 37.0 Å². The van der Waals surface area contributed by atoms with Crippen LogP contribution in [0.2, 0.25) is 0 Å². The van der Waals surface area contributed by atoms with Crippen molar-refractivity contribution in [3.8, 4) is 5.75 Å². The summed E-state index contributed by atoms with van der Waals surface area (Å²) in [7, 11) is 1.62. The third-order valence-electron chi connectivity index (χ3n) is 3.83. The summed E-state index contributed by atoms with van der Waals surface area (Å²) in [6.07, 6.45) is 4.13. The SMILES string of the molecule is COc1ccc(CC(=O)NC2(C(N)=S)CCCC2)cc1. The van der Waals surface area contributed by atoms with Crippen LogP contribution < -0.4 is 15.8 Å². The number of hydrogen-bond acceptors (Lipinski definition) is 3. The molecule has 0 bridgehead atoms. The van der Waals surface area contributed by atoms with Gasteiger partial charge in [-0.1, -0.05) is 37.2 Å². The Kier molecular flexibility index (Phi) is 4.60. The van der Waals surface area contributed by atoms with Gasteiger partial charge in [0.25, 0.3) is 0 Å². The highest BCUT2D eigenvalue weighted by molar-refractivity contribution is 7.80. The van der Waals surface area contributed by atoms with Gasteiger partial charge in [-0.05, 0) is 30.5 Å². The fourth-order valence-corrected chi connectivity index (χ4v) is 2.91. The lowest BCUT2D eigenvalue weighted by Gasteiger charge is -2.29. The minimum Gasteiger partial charge on any atom is -0.497 e. The van der Waals surface area contributed by atoms with Crippen LogP contribution in [0.25, 0.3) is 0 Å². The summed E-state index contributed by atoms with van der Waals surface area (Å²) in [6, 6.07) is 7.48. The van der Waals surface area contributed by atoms with Crippen molar-refractivity contribution in [2.45, 2.75) is 37.6 Å². The van der Waals surface area contributed by atoms with Gasteiger partial charge in [0.15, 0.2) is 0 Å². The lowest BCUT2D eigenvalue weighted by atomic mass is 9.97. The number of carbonyl (C=O) groups excluding carboxylic acids is 1. The van der Waals surface area contributed by atoms with E-state index in [1.54, 1.807) is 7.11 Å². The Labute approximate surface area is 124 Å². The maximum Gasteiger partial charge on any atom is 0.225 e. The lowest BCUT2D eigenvalue weighted by Crippen LogP contribution is -2.55. The second-order valence-corrected chi connectivity index (χ2v) is 5.67. The van der Waals surface area contributed by atoms with Gasteiger partial charge in [0.05, 0.1) is 24.1 Å². The molecule has 3 N–H and O–H groups in total. The Morgan fingerprint density at radius 1 is 1.35 bits per heavy atom. The zero-order valence-corrected chi connectivity index (χ0v) is 12.5. The molecule has 20 heavy (non-hydrogen) atoms. The van der Waals surface area contributed by atoms with E-state index in [0.29, 0.717) is 11.4 Å². The minimum absolute atomic E-state index is 0.0372. The summed E-state index contributed by atoms with van der Waals surface area (Å²) in [4.78, 5) is 12.6. The van der Waals surface area contributed by atoms with Crippen molar-refractivity contribution in [2.24, 2.45) is 5.73 Å². The first-order valence-electron chi connectivity index (χ1n) is 6.79. The molecule has 2 rings (SSSR count). The predicted octanol–water partition coefficient (Wildman–Crippen LogP) is 1.95. The second kappa shape index (κ2) is 6.22. The highest BCUT2D eigenvalue weighted by atomic mass is 32.1. The molecule has 5 heteroatoms. The molecule has 4 nitrogen and oxygen atoms in total. The maximum absolute atomic E-state index is 12.2. The van der Waals surface area contributed by atoms with E-state index < -0.39 is 5.54 Å². The lowest BCUT2D eigenvalue weighted by molar-refractivity contribution is -0.121. The molecule has 1 saturated carbocycles. The quantitative estimate of drug-likeness (QED) is 0.814. The topological polar surface area (TPSA) is 64.3 Å². The summed E-state index contributed by atoms with van der Waals surface area (Å²) in [6.45, 7) is 0. The van der Waals surface area contributed by atoms with E-state index in [1.807, 2.05) is 24.3 Å². The standard InChI is InChI=1S/C15H20N2O2S/c1-19-12-6-4-11(5-7-12)10-13(18)17-15(14(16)20)8-2-3-9-15/h4-7H,2-3,8-10H2,1H3,(H2,16,20)(H,17,18).